The van der Waals surface area contributed by atoms with Gasteiger partial charge in [-0.05, 0) is 30.3 Å². The summed E-state index contributed by atoms with van der Waals surface area (Å²) in [6.45, 7) is 0.207. The minimum absolute atomic E-state index is 0.0304. The summed E-state index contributed by atoms with van der Waals surface area (Å²) in [5.74, 6) is -4.95. The number of carbonyl (C=O) groups excluding carboxylic acids is 1. The average molecular weight is 363 g/mol. The Bertz CT molecular complexity index is 741. The molecule has 2 N–H and O–H groups in total. The van der Waals surface area contributed by atoms with Crippen LogP contribution in [-0.4, -0.2) is 12.5 Å². The number of halogens is 5. The van der Waals surface area contributed by atoms with E-state index in [1.807, 2.05) is 0 Å². The summed E-state index contributed by atoms with van der Waals surface area (Å²) in [6, 6.07) is 6.52. The number of nitrogens with one attached hydrogen (secondary N) is 2. The first-order chi connectivity index (χ1) is 10.9. The van der Waals surface area contributed by atoms with Gasteiger partial charge in [0.15, 0.2) is 17.5 Å². The summed E-state index contributed by atoms with van der Waals surface area (Å²) in [5.41, 5.74) is 0.168. The molecule has 0 bridgehead atoms. The highest BCUT2D eigenvalue weighted by atomic mass is 35.5. The van der Waals surface area contributed by atoms with Crippen molar-refractivity contribution in [1.82, 2.24) is 0 Å². The van der Waals surface area contributed by atoms with Crippen LogP contribution in [0.2, 0.25) is 10.0 Å². The van der Waals surface area contributed by atoms with Gasteiger partial charge in [0.25, 0.3) is 0 Å². The second kappa shape index (κ2) is 7.57. The lowest BCUT2D eigenvalue weighted by atomic mass is 10.2. The maximum Gasteiger partial charge on any atom is 0.226 e. The standard InChI is InChI=1S/C15H11Cl2F3N2O/c16-8-1-3-11(9(17)7-8)21-6-5-13(23)22-12-4-2-10(18)14(19)15(12)20/h1-4,7,21H,5-6H2,(H,22,23). The second-order valence-electron chi connectivity index (χ2n) is 4.57. The van der Waals surface area contributed by atoms with Gasteiger partial charge < -0.3 is 10.6 Å². The van der Waals surface area contributed by atoms with Crippen molar-refractivity contribution in [3.8, 4) is 0 Å². The van der Waals surface area contributed by atoms with Crippen LogP contribution in [0, 0.1) is 17.5 Å². The van der Waals surface area contributed by atoms with Gasteiger partial charge in [0.2, 0.25) is 5.91 Å². The van der Waals surface area contributed by atoms with Crippen LogP contribution in [0.4, 0.5) is 24.5 Å². The molecule has 0 aliphatic carbocycles. The molecule has 0 aromatic heterocycles. The highest BCUT2D eigenvalue weighted by molar-refractivity contribution is 6.36. The van der Waals surface area contributed by atoms with E-state index in [0.29, 0.717) is 15.7 Å². The number of benzene rings is 2. The average Bonchev–Trinajstić information content (AvgIpc) is 2.50. The van der Waals surface area contributed by atoms with E-state index in [0.717, 1.165) is 12.1 Å². The Labute approximate surface area is 140 Å². The Kier molecular flexibility index (Phi) is 5.74. The monoisotopic (exact) mass is 362 g/mol. The highest BCUT2D eigenvalue weighted by Crippen LogP contribution is 2.25. The minimum atomic E-state index is -1.63. The van der Waals surface area contributed by atoms with Gasteiger partial charge in [0.05, 0.1) is 16.4 Å². The predicted octanol–water partition coefficient (Wildman–Crippen LogP) is 4.85. The molecule has 2 aromatic rings. The fraction of sp³-hybridized carbons (Fsp3) is 0.133. The van der Waals surface area contributed by atoms with E-state index >= 15 is 0 Å². The van der Waals surface area contributed by atoms with Crippen molar-refractivity contribution < 1.29 is 18.0 Å². The second-order valence-corrected chi connectivity index (χ2v) is 5.42. The van der Waals surface area contributed by atoms with E-state index < -0.39 is 29.0 Å². The molecule has 0 radical (unpaired) electrons. The smallest absolute Gasteiger partial charge is 0.226 e. The number of amides is 1. The van der Waals surface area contributed by atoms with Crippen LogP contribution in [0.25, 0.3) is 0 Å². The van der Waals surface area contributed by atoms with Crippen LogP contribution in [0.5, 0.6) is 0 Å². The molecule has 8 heteroatoms. The molecule has 0 fully saturated rings. The lowest BCUT2D eigenvalue weighted by molar-refractivity contribution is -0.116. The molecule has 0 atom stereocenters. The first-order valence-corrected chi connectivity index (χ1v) is 7.26. The van der Waals surface area contributed by atoms with Gasteiger partial charge in [-0.3, -0.25) is 4.79 Å². The van der Waals surface area contributed by atoms with Crippen molar-refractivity contribution in [2.45, 2.75) is 6.42 Å². The molecule has 0 aliphatic heterocycles. The predicted molar refractivity (Wildman–Crippen MR) is 84.5 cm³/mol. The molecule has 2 rings (SSSR count). The van der Waals surface area contributed by atoms with E-state index in [1.165, 1.54) is 0 Å². The van der Waals surface area contributed by atoms with Gasteiger partial charge in [-0.2, -0.15) is 0 Å². The first kappa shape index (κ1) is 17.4. The molecule has 0 spiro atoms. The Morgan fingerprint density at radius 1 is 1.00 bits per heavy atom. The fourth-order valence-electron chi connectivity index (χ4n) is 1.78. The minimum Gasteiger partial charge on any atom is -0.383 e. The first-order valence-electron chi connectivity index (χ1n) is 6.50. The molecule has 0 aliphatic rings. The third-order valence-electron chi connectivity index (χ3n) is 2.91. The van der Waals surface area contributed by atoms with Crippen molar-refractivity contribution >= 4 is 40.5 Å². The topological polar surface area (TPSA) is 41.1 Å². The van der Waals surface area contributed by atoms with Crippen molar-refractivity contribution in [1.29, 1.82) is 0 Å². The van der Waals surface area contributed by atoms with Crippen molar-refractivity contribution in [3.05, 3.63) is 57.8 Å². The SMILES string of the molecule is O=C(CCNc1ccc(Cl)cc1Cl)Nc1ccc(F)c(F)c1F. The Morgan fingerprint density at radius 2 is 1.70 bits per heavy atom. The lowest BCUT2D eigenvalue weighted by Gasteiger charge is -2.10. The van der Waals surface area contributed by atoms with Crippen LogP contribution in [0.15, 0.2) is 30.3 Å². The summed E-state index contributed by atoms with van der Waals surface area (Å²) in [7, 11) is 0. The van der Waals surface area contributed by atoms with Crippen molar-refractivity contribution in [2.24, 2.45) is 0 Å². The van der Waals surface area contributed by atoms with Crippen molar-refractivity contribution in [2.75, 3.05) is 17.2 Å². The molecule has 0 heterocycles. The zero-order valence-corrected chi connectivity index (χ0v) is 13.1. The lowest BCUT2D eigenvalue weighted by Crippen LogP contribution is -2.17. The quantitative estimate of drug-likeness (QED) is 0.746. The molecule has 0 saturated heterocycles. The van der Waals surface area contributed by atoms with Crippen LogP contribution in [0.1, 0.15) is 6.42 Å². The molecule has 2 aromatic carbocycles. The van der Waals surface area contributed by atoms with E-state index in [9.17, 15) is 18.0 Å². The number of rotatable bonds is 5. The number of hydrogen-bond acceptors (Lipinski definition) is 2. The highest BCUT2D eigenvalue weighted by Gasteiger charge is 2.15. The molecule has 23 heavy (non-hydrogen) atoms. The number of hydrogen-bond donors (Lipinski definition) is 2. The molecule has 0 saturated carbocycles. The maximum absolute atomic E-state index is 13.4. The molecule has 122 valence electrons. The van der Waals surface area contributed by atoms with Gasteiger partial charge in [-0.1, -0.05) is 23.2 Å². The van der Waals surface area contributed by atoms with Crippen LogP contribution < -0.4 is 10.6 Å². The number of anilines is 2. The van der Waals surface area contributed by atoms with Crippen LogP contribution in [-0.2, 0) is 4.79 Å². The van der Waals surface area contributed by atoms with E-state index in [1.54, 1.807) is 18.2 Å². The van der Waals surface area contributed by atoms with Crippen molar-refractivity contribution in [3.63, 3.8) is 0 Å². The Hall–Kier alpha value is -1.92. The third-order valence-corrected chi connectivity index (χ3v) is 3.46. The zero-order chi connectivity index (χ0) is 17.0. The number of carbonyl (C=O) groups is 1. The Morgan fingerprint density at radius 3 is 2.39 bits per heavy atom. The Balaban J connectivity index is 1.89. The molecular weight excluding hydrogens is 352 g/mol. The summed E-state index contributed by atoms with van der Waals surface area (Å²) in [6.07, 6.45) is -0.0304. The fourth-order valence-corrected chi connectivity index (χ4v) is 2.25. The van der Waals surface area contributed by atoms with Gasteiger partial charge in [-0.25, -0.2) is 13.2 Å². The van der Waals surface area contributed by atoms with E-state index in [4.69, 9.17) is 23.2 Å². The zero-order valence-electron chi connectivity index (χ0n) is 11.6. The maximum atomic E-state index is 13.4. The summed E-state index contributed by atoms with van der Waals surface area (Å²) in [4.78, 5) is 11.7. The normalized spacial score (nSPS) is 10.5. The molecule has 1 amide bonds. The van der Waals surface area contributed by atoms with Crippen LogP contribution >= 0.6 is 23.2 Å². The van der Waals surface area contributed by atoms with Crippen LogP contribution in [0.3, 0.4) is 0 Å². The summed E-state index contributed by atoms with van der Waals surface area (Å²) in [5, 5.41) is 5.96. The third kappa shape index (κ3) is 4.53. The van der Waals surface area contributed by atoms with Gasteiger partial charge in [-0.15, -0.1) is 0 Å². The van der Waals surface area contributed by atoms with Gasteiger partial charge in [0, 0.05) is 18.0 Å². The van der Waals surface area contributed by atoms with Gasteiger partial charge >= 0.3 is 0 Å². The largest absolute Gasteiger partial charge is 0.383 e. The van der Waals surface area contributed by atoms with E-state index in [2.05, 4.69) is 10.6 Å². The summed E-state index contributed by atoms with van der Waals surface area (Å²) >= 11 is 11.7. The van der Waals surface area contributed by atoms with Gasteiger partial charge in [0.1, 0.15) is 0 Å². The molecular formula is C15H11Cl2F3N2O. The molecule has 3 nitrogen and oxygen atoms in total. The van der Waals surface area contributed by atoms with E-state index in [-0.39, 0.29) is 13.0 Å². The molecule has 0 unspecified atom stereocenters. The summed E-state index contributed by atoms with van der Waals surface area (Å²) < 4.78 is 39.3.